The van der Waals surface area contributed by atoms with Crippen molar-refractivity contribution in [1.29, 1.82) is 0 Å². The topological polar surface area (TPSA) is 123 Å². The maximum Gasteiger partial charge on any atom is 0.435 e. The van der Waals surface area contributed by atoms with Crippen molar-refractivity contribution in [2.75, 3.05) is 0 Å². The fourth-order valence-electron chi connectivity index (χ4n) is 6.41. The Bertz CT molecular complexity index is 2210. The van der Waals surface area contributed by atoms with Gasteiger partial charge in [-0.1, -0.05) is 24.1 Å². The zero-order valence-corrected chi connectivity index (χ0v) is 27.2. The standard InChI is InChI=1S/C36H27F8N5O3/c1-16-27-28-31(36(42,43)44)48-49(32(28)35(40,41)29(16)27)15-26(50)47-25(12-17-10-19(37)14-20(38)11-17)30-22(6-5-21(46-30)8-9-34(2,3)52)18-4-7-24(39)23(13-18)33(45)51/h4-7,10-11,13-14,25,27,29,52H,1,12,15H2,2-3H3,(H2,45,51)(H,47,50)/t25-,27+,29+/m0/s1. The molecule has 8 nitrogen and oxygen atoms in total. The maximum atomic E-state index is 15.4. The Labute approximate surface area is 290 Å². The average molecular weight is 730 g/mol. The Kier molecular flexibility index (Phi) is 8.77. The number of hydrogen-bond donors (Lipinski definition) is 3. The summed E-state index contributed by atoms with van der Waals surface area (Å²) in [6.45, 7) is 5.10. The molecule has 3 atom stereocenters. The molecule has 0 spiro atoms. The van der Waals surface area contributed by atoms with Crippen LogP contribution in [0.1, 0.15) is 70.1 Å². The number of carbonyl (C=O) groups excluding carboxylic acids is 2. The van der Waals surface area contributed by atoms with Gasteiger partial charge >= 0.3 is 6.18 Å². The van der Waals surface area contributed by atoms with Gasteiger partial charge in [0.25, 0.3) is 11.8 Å². The molecule has 0 saturated heterocycles. The lowest BCUT2D eigenvalue weighted by Gasteiger charge is -2.23. The van der Waals surface area contributed by atoms with Crippen LogP contribution in [0.25, 0.3) is 11.1 Å². The van der Waals surface area contributed by atoms with Crippen LogP contribution in [0.3, 0.4) is 0 Å². The van der Waals surface area contributed by atoms with E-state index in [1.54, 1.807) is 0 Å². The van der Waals surface area contributed by atoms with Crippen molar-refractivity contribution in [2.45, 2.75) is 56.5 Å². The van der Waals surface area contributed by atoms with Crippen LogP contribution < -0.4 is 11.1 Å². The van der Waals surface area contributed by atoms with Gasteiger partial charge in [-0.15, -0.1) is 0 Å². The second-order valence-electron chi connectivity index (χ2n) is 13.0. The predicted molar refractivity (Wildman–Crippen MR) is 169 cm³/mol. The number of aliphatic hydroxyl groups is 1. The van der Waals surface area contributed by atoms with E-state index in [9.17, 15) is 41.0 Å². The first-order chi connectivity index (χ1) is 24.2. The molecule has 16 heteroatoms. The minimum atomic E-state index is -5.13. The van der Waals surface area contributed by atoms with Gasteiger partial charge in [0.05, 0.1) is 23.2 Å². The van der Waals surface area contributed by atoms with Crippen molar-refractivity contribution in [2.24, 2.45) is 11.7 Å². The van der Waals surface area contributed by atoms with Gasteiger partial charge in [0.2, 0.25) is 5.91 Å². The monoisotopic (exact) mass is 729 g/mol. The predicted octanol–water partition coefficient (Wildman–Crippen LogP) is 6.08. The van der Waals surface area contributed by atoms with Gasteiger partial charge in [0, 0.05) is 23.1 Å². The highest BCUT2D eigenvalue weighted by Crippen LogP contribution is 2.71. The van der Waals surface area contributed by atoms with Crippen LogP contribution in [0.5, 0.6) is 0 Å². The summed E-state index contributed by atoms with van der Waals surface area (Å²) in [5, 5.41) is 16.0. The molecule has 2 aliphatic rings. The normalized spacial score (nSPS) is 17.9. The number of pyridine rings is 1. The fraction of sp³-hybridized carbons (Fsp3) is 0.278. The summed E-state index contributed by atoms with van der Waals surface area (Å²) < 4.78 is 116. The smallest absolute Gasteiger partial charge is 0.378 e. The lowest BCUT2D eigenvalue weighted by Crippen LogP contribution is -2.35. The molecule has 2 amide bonds. The summed E-state index contributed by atoms with van der Waals surface area (Å²) in [6, 6.07) is 7.13. The molecule has 52 heavy (non-hydrogen) atoms. The van der Waals surface area contributed by atoms with Crippen molar-refractivity contribution in [1.82, 2.24) is 20.1 Å². The highest BCUT2D eigenvalue weighted by atomic mass is 19.4. The van der Waals surface area contributed by atoms with Gasteiger partial charge in [0.1, 0.15) is 41.0 Å². The minimum Gasteiger partial charge on any atom is -0.378 e. The molecule has 0 aliphatic heterocycles. The molecule has 2 aliphatic carbocycles. The third-order valence-electron chi connectivity index (χ3n) is 8.58. The largest absolute Gasteiger partial charge is 0.435 e. The molecule has 4 aromatic rings. The van der Waals surface area contributed by atoms with Crippen LogP contribution in [-0.4, -0.2) is 37.3 Å². The number of amides is 2. The molecule has 2 aromatic heterocycles. The summed E-state index contributed by atoms with van der Waals surface area (Å²) >= 11 is 0. The third-order valence-corrected chi connectivity index (χ3v) is 8.58. The number of nitrogens with zero attached hydrogens (tertiary/aromatic N) is 3. The molecule has 6 rings (SSSR count). The average Bonchev–Trinajstić information content (AvgIpc) is 3.43. The van der Waals surface area contributed by atoms with Crippen molar-refractivity contribution in [3.63, 3.8) is 0 Å². The lowest BCUT2D eigenvalue weighted by atomic mass is 9.94. The van der Waals surface area contributed by atoms with Gasteiger partial charge in [-0.3, -0.25) is 14.3 Å². The highest BCUT2D eigenvalue weighted by Gasteiger charge is 2.71. The van der Waals surface area contributed by atoms with Crippen LogP contribution >= 0.6 is 0 Å². The number of aromatic nitrogens is 3. The molecular formula is C36H27F8N5O3. The Hall–Kier alpha value is -5.56. The first-order valence-electron chi connectivity index (χ1n) is 15.5. The van der Waals surface area contributed by atoms with Gasteiger partial charge < -0.3 is 16.2 Å². The van der Waals surface area contributed by atoms with Gasteiger partial charge in [-0.25, -0.2) is 18.2 Å². The fourth-order valence-corrected chi connectivity index (χ4v) is 6.41. The second-order valence-corrected chi connectivity index (χ2v) is 13.0. The van der Waals surface area contributed by atoms with E-state index < -0.39 is 100 Å². The second kappa shape index (κ2) is 12.6. The highest BCUT2D eigenvalue weighted by molar-refractivity contribution is 5.94. The van der Waals surface area contributed by atoms with Crippen molar-refractivity contribution >= 4 is 11.8 Å². The number of rotatable bonds is 8. The third kappa shape index (κ3) is 6.88. The number of fused-ring (bicyclic) bond motifs is 3. The number of allylic oxidation sites excluding steroid dienone is 1. The number of nitrogens with two attached hydrogens (primary N) is 1. The number of carbonyl (C=O) groups is 2. The summed E-state index contributed by atoms with van der Waals surface area (Å²) in [6.07, 6.45) is -5.57. The molecule has 1 saturated carbocycles. The molecule has 4 N–H and O–H groups in total. The Balaban J connectivity index is 1.47. The number of halogens is 8. The molecule has 270 valence electrons. The van der Waals surface area contributed by atoms with Gasteiger partial charge in [-0.2, -0.15) is 27.1 Å². The molecule has 0 radical (unpaired) electrons. The Morgan fingerprint density at radius 3 is 2.37 bits per heavy atom. The molecular weight excluding hydrogens is 702 g/mol. The molecule has 2 heterocycles. The van der Waals surface area contributed by atoms with E-state index in [2.05, 4.69) is 33.8 Å². The van der Waals surface area contributed by atoms with E-state index in [0.717, 1.165) is 24.3 Å². The van der Waals surface area contributed by atoms with Crippen LogP contribution in [0.4, 0.5) is 35.1 Å². The lowest BCUT2D eigenvalue weighted by molar-refractivity contribution is -0.142. The molecule has 1 fully saturated rings. The van der Waals surface area contributed by atoms with Crippen LogP contribution in [0.15, 0.2) is 60.7 Å². The SMILES string of the molecule is C=C1[C@@H]2c3c(C(F)(F)F)nn(CC(=O)N[C@@H](Cc4cc(F)cc(F)c4)c4nc(C#CC(C)(C)O)ccc4-c4ccc(F)c(C(N)=O)c4)c3C(F)(F)[C@H]12. The van der Waals surface area contributed by atoms with E-state index in [1.165, 1.54) is 32.0 Å². The van der Waals surface area contributed by atoms with Crippen molar-refractivity contribution in [3.8, 4) is 23.0 Å². The molecule has 0 bridgehead atoms. The first kappa shape index (κ1) is 36.2. The number of alkyl halides is 5. The number of primary amides is 1. The van der Waals surface area contributed by atoms with E-state index in [4.69, 9.17) is 5.73 Å². The van der Waals surface area contributed by atoms with Gasteiger partial charge in [0.15, 0.2) is 5.69 Å². The molecule has 2 aromatic carbocycles. The Morgan fingerprint density at radius 1 is 1.08 bits per heavy atom. The summed E-state index contributed by atoms with van der Waals surface area (Å²) in [4.78, 5) is 30.1. The summed E-state index contributed by atoms with van der Waals surface area (Å²) in [5.41, 5.74) is -0.0532. The van der Waals surface area contributed by atoms with Crippen molar-refractivity contribution < 1.29 is 49.8 Å². The number of benzene rings is 2. The van der Waals surface area contributed by atoms with Crippen LogP contribution in [-0.2, 0) is 29.9 Å². The van der Waals surface area contributed by atoms with E-state index in [0.29, 0.717) is 6.07 Å². The zero-order valence-electron chi connectivity index (χ0n) is 27.2. The zero-order chi connectivity index (χ0) is 38.1. The number of nitrogens with one attached hydrogen (secondary N) is 1. The van der Waals surface area contributed by atoms with E-state index in [-0.39, 0.29) is 38.3 Å². The minimum absolute atomic E-state index is 0.00148. The van der Waals surface area contributed by atoms with Crippen LogP contribution in [0, 0.1) is 35.2 Å². The van der Waals surface area contributed by atoms with Crippen LogP contribution in [0.2, 0.25) is 0 Å². The molecule has 0 unspecified atom stereocenters. The quantitative estimate of drug-likeness (QED) is 0.115. The van der Waals surface area contributed by atoms with E-state index >= 15 is 8.78 Å². The van der Waals surface area contributed by atoms with Gasteiger partial charge in [-0.05, 0) is 73.7 Å². The summed E-state index contributed by atoms with van der Waals surface area (Å²) in [7, 11) is 0. The maximum absolute atomic E-state index is 15.4. The van der Waals surface area contributed by atoms with Crippen molar-refractivity contribution in [3.05, 3.63) is 118 Å². The Morgan fingerprint density at radius 2 is 1.75 bits per heavy atom. The first-order valence-corrected chi connectivity index (χ1v) is 15.5. The number of hydrogen-bond acceptors (Lipinski definition) is 5. The summed E-state index contributed by atoms with van der Waals surface area (Å²) in [5.74, 6) is -6.67. The van der Waals surface area contributed by atoms with E-state index in [1.807, 2.05) is 0 Å².